The van der Waals surface area contributed by atoms with E-state index >= 15 is 0 Å². The van der Waals surface area contributed by atoms with Gasteiger partial charge in [-0.05, 0) is 30.5 Å². The van der Waals surface area contributed by atoms with E-state index in [4.69, 9.17) is 0 Å². The van der Waals surface area contributed by atoms with Gasteiger partial charge in [-0.3, -0.25) is 4.79 Å². The summed E-state index contributed by atoms with van der Waals surface area (Å²) >= 11 is 0. The summed E-state index contributed by atoms with van der Waals surface area (Å²) in [5.41, 5.74) is 3.12. The highest BCUT2D eigenvalue weighted by atomic mass is 16.5. The van der Waals surface area contributed by atoms with Crippen molar-refractivity contribution in [3.63, 3.8) is 0 Å². The van der Waals surface area contributed by atoms with Crippen LogP contribution in [0.5, 0.6) is 0 Å². The molecule has 0 amide bonds. The smallest absolute Gasteiger partial charge is 0.337 e. The van der Waals surface area contributed by atoms with Crippen LogP contribution in [0.25, 0.3) is 10.9 Å². The Kier molecular flexibility index (Phi) is 2.44. The van der Waals surface area contributed by atoms with Crippen LogP contribution in [0, 0.1) is 0 Å². The first-order chi connectivity index (χ1) is 8.70. The second kappa shape index (κ2) is 3.98. The van der Waals surface area contributed by atoms with Gasteiger partial charge in [0, 0.05) is 17.3 Å². The number of ketones is 1. The Morgan fingerprint density at radius 2 is 2.17 bits per heavy atom. The van der Waals surface area contributed by atoms with Crippen molar-refractivity contribution < 1.29 is 14.3 Å². The minimum absolute atomic E-state index is 0.159. The maximum absolute atomic E-state index is 11.8. The number of hydrogen-bond acceptors (Lipinski definition) is 3. The molecule has 92 valence electrons. The van der Waals surface area contributed by atoms with Crippen LogP contribution in [0.2, 0.25) is 0 Å². The molecule has 0 bridgehead atoms. The molecule has 4 heteroatoms. The molecule has 18 heavy (non-hydrogen) atoms. The molecule has 1 aromatic heterocycles. The summed E-state index contributed by atoms with van der Waals surface area (Å²) < 4.78 is 4.69. The van der Waals surface area contributed by atoms with Gasteiger partial charge in [-0.2, -0.15) is 0 Å². The van der Waals surface area contributed by atoms with Crippen LogP contribution in [0.1, 0.15) is 39.3 Å². The number of benzene rings is 1. The van der Waals surface area contributed by atoms with Crippen LogP contribution in [-0.4, -0.2) is 23.8 Å². The molecular weight excluding hydrogens is 230 g/mol. The molecule has 0 aliphatic heterocycles. The molecule has 3 rings (SSSR count). The predicted octanol–water partition coefficient (Wildman–Crippen LogP) is 2.47. The van der Waals surface area contributed by atoms with E-state index in [9.17, 15) is 9.59 Å². The molecule has 1 heterocycles. The summed E-state index contributed by atoms with van der Waals surface area (Å²) in [5, 5.41) is 1.03. The van der Waals surface area contributed by atoms with Crippen LogP contribution in [-0.2, 0) is 11.2 Å². The third-order valence-corrected chi connectivity index (χ3v) is 3.44. The third-order valence-electron chi connectivity index (χ3n) is 3.44. The standard InChI is InChI=1S/C14H13NO3/c1-18-14(17)8-5-6-9-10-3-2-4-12(16)13(10)15-11(9)7-8/h5-7,15H,2-4H2,1H3. The average molecular weight is 243 g/mol. The summed E-state index contributed by atoms with van der Waals surface area (Å²) in [4.78, 5) is 26.4. The van der Waals surface area contributed by atoms with E-state index in [1.54, 1.807) is 12.1 Å². The maximum atomic E-state index is 11.8. The zero-order chi connectivity index (χ0) is 12.7. The number of carbonyl (C=O) groups excluding carboxylic acids is 2. The lowest BCUT2D eigenvalue weighted by molar-refractivity contribution is 0.0600. The largest absolute Gasteiger partial charge is 0.465 e. The monoisotopic (exact) mass is 243 g/mol. The zero-order valence-corrected chi connectivity index (χ0v) is 10.1. The summed E-state index contributed by atoms with van der Waals surface area (Å²) in [6, 6.07) is 5.36. The second-order valence-electron chi connectivity index (χ2n) is 4.51. The van der Waals surface area contributed by atoms with Gasteiger partial charge < -0.3 is 9.72 Å². The van der Waals surface area contributed by atoms with Crippen LogP contribution in [0.15, 0.2) is 18.2 Å². The van der Waals surface area contributed by atoms with Crippen LogP contribution >= 0.6 is 0 Å². The Bertz CT molecular complexity index is 654. The average Bonchev–Trinajstić information content (AvgIpc) is 2.77. The van der Waals surface area contributed by atoms with Gasteiger partial charge in [0.05, 0.1) is 18.4 Å². The van der Waals surface area contributed by atoms with Crippen molar-refractivity contribution in [1.82, 2.24) is 4.98 Å². The van der Waals surface area contributed by atoms with Gasteiger partial charge in [-0.1, -0.05) is 6.07 Å². The van der Waals surface area contributed by atoms with Gasteiger partial charge in [0.25, 0.3) is 0 Å². The predicted molar refractivity (Wildman–Crippen MR) is 66.9 cm³/mol. The topological polar surface area (TPSA) is 59.2 Å². The highest BCUT2D eigenvalue weighted by Gasteiger charge is 2.22. The Labute approximate surface area is 104 Å². The Hall–Kier alpha value is -2.10. The number of H-pyrrole nitrogens is 1. The maximum Gasteiger partial charge on any atom is 0.337 e. The van der Waals surface area contributed by atoms with Crippen molar-refractivity contribution in [2.24, 2.45) is 0 Å². The van der Waals surface area contributed by atoms with Crippen molar-refractivity contribution in [2.45, 2.75) is 19.3 Å². The van der Waals surface area contributed by atoms with E-state index in [1.165, 1.54) is 7.11 Å². The fourth-order valence-corrected chi connectivity index (χ4v) is 2.55. The summed E-state index contributed by atoms with van der Waals surface area (Å²) in [7, 11) is 1.36. The van der Waals surface area contributed by atoms with E-state index in [2.05, 4.69) is 9.72 Å². The van der Waals surface area contributed by atoms with Gasteiger partial charge >= 0.3 is 5.97 Å². The number of aromatic amines is 1. The van der Waals surface area contributed by atoms with E-state index in [-0.39, 0.29) is 11.8 Å². The summed E-state index contributed by atoms with van der Waals surface area (Å²) in [5.74, 6) is -0.206. The lowest BCUT2D eigenvalue weighted by Crippen LogP contribution is -2.09. The van der Waals surface area contributed by atoms with Gasteiger partial charge in [0.15, 0.2) is 5.78 Å². The summed E-state index contributed by atoms with van der Waals surface area (Å²) in [6.07, 6.45) is 2.42. The molecule has 0 atom stereocenters. The number of esters is 1. The quantitative estimate of drug-likeness (QED) is 0.783. The number of rotatable bonds is 1. The minimum Gasteiger partial charge on any atom is -0.465 e. The number of Topliss-reactive ketones (excluding diaryl/α,β-unsaturated/α-hetero) is 1. The van der Waals surface area contributed by atoms with E-state index in [0.717, 1.165) is 29.3 Å². The first kappa shape index (κ1) is 11.0. The van der Waals surface area contributed by atoms with Crippen LogP contribution < -0.4 is 0 Å². The van der Waals surface area contributed by atoms with Crippen molar-refractivity contribution >= 4 is 22.7 Å². The Balaban J connectivity index is 2.19. The van der Waals surface area contributed by atoms with Crippen molar-refractivity contribution in [3.05, 3.63) is 35.0 Å². The molecule has 0 unspecified atom stereocenters. The normalized spacial score (nSPS) is 14.6. The lowest BCUT2D eigenvalue weighted by atomic mass is 9.94. The van der Waals surface area contributed by atoms with E-state index in [1.807, 2.05) is 6.07 Å². The molecule has 1 aromatic carbocycles. The molecule has 1 aliphatic rings. The number of aryl methyl sites for hydroxylation is 1. The number of methoxy groups -OCH3 is 1. The molecule has 4 nitrogen and oxygen atoms in total. The van der Waals surface area contributed by atoms with Gasteiger partial charge in [0.1, 0.15) is 0 Å². The van der Waals surface area contributed by atoms with Crippen molar-refractivity contribution in [1.29, 1.82) is 0 Å². The fraction of sp³-hybridized carbons (Fsp3) is 0.286. The number of fused-ring (bicyclic) bond motifs is 3. The molecule has 0 fully saturated rings. The van der Waals surface area contributed by atoms with Crippen LogP contribution in [0.4, 0.5) is 0 Å². The van der Waals surface area contributed by atoms with Crippen molar-refractivity contribution in [2.75, 3.05) is 7.11 Å². The number of carbonyl (C=O) groups is 2. The molecule has 1 aliphatic carbocycles. The number of aromatic nitrogens is 1. The van der Waals surface area contributed by atoms with Crippen molar-refractivity contribution in [3.8, 4) is 0 Å². The lowest BCUT2D eigenvalue weighted by Gasteiger charge is -2.09. The number of ether oxygens (including phenoxy) is 1. The molecule has 1 N–H and O–H groups in total. The SMILES string of the molecule is COC(=O)c1ccc2c3c([nH]c2c1)C(=O)CCC3. The van der Waals surface area contributed by atoms with Gasteiger partial charge in [-0.15, -0.1) is 0 Å². The fourth-order valence-electron chi connectivity index (χ4n) is 2.55. The van der Waals surface area contributed by atoms with Gasteiger partial charge in [0.2, 0.25) is 0 Å². The molecule has 2 aromatic rings. The number of hydrogen-bond donors (Lipinski definition) is 1. The Morgan fingerprint density at radius 1 is 1.33 bits per heavy atom. The molecule has 0 saturated heterocycles. The number of nitrogens with one attached hydrogen (secondary N) is 1. The molecule has 0 radical (unpaired) electrons. The van der Waals surface area contributed by atoms with E-state index in [0.29, 0.717) is 17.7 Å². The first-order valence-electron chi connectivity index (χ1n) is 5.97. The highest BCUT2D eigenvalue weighted by Crippen LogP contribution is 2.29. The van der Waals surface area contributed by atoms with E-state index < -0.39 is 0 Å². The minimum atomic E-state index is -0.365. The zero-order valence-electron chi connectivity index (χ0n) is 10.1. The molecule has 0 saturated carbocycles. The van der Waals surface area contributed by atoms with Gasteiger partial charge in [-0.25, -0.2) is 4.79 Å². The summed E-state index contributed by atoms with van der Waals surface area (Å²) in [6.45, 7) is 0. The molecular formula is C14H13NO3. The van der Waals surface area contributed by atoms with Crippen LogP contribution in [0.3, 0.4) is 0 Å². The highest BCUT2D eigenvalue weighted by molar-refractivity contribution is 6.04. The Morgan fingerprint density at radius 3 is 2.94 bits per heavy atom. The second-order valence-corrected chi connectivity index (χ2v) is 4.51. The first-order valence-corrected chi connectivity index (χ1v) is 5.97. The third kappa shape index (κ3) is 1.53. The molecule has 0 spiro atoms.